The molecule has 4 N–H and O–H groups in total. The van der Waals surface area contributed by atoms with Crippen LogP contribution in [0.2, 0.25) is 0 Å². The number of nitrogens with zero attached hydrogens (tertiary/aromatic N) is 1. The van der Waals surface area contributed by atoms with Crippen molar-refractivity contribution in [2.24, 2.45) is 0 Å². The average molecular weight is 213 g/mol. The fourth-order valence-electron chi connectivity index (χ4n) is 1.43. The number of hydrogen-bond donors (Lipinski definition) is 2. The van der Waals surface area contributed by atoms with E-state index >= 15 is 0 Å². The molecule has 4 heteroatoms. The molecule has 0 amide bonds. The fraction of sp³-hybridized carbons (Fsp3) is 0. The molecule has 80 valence electrons. The number of pyridine rings is 1. The predicted molar refractivity (Wildman–Crippen MR) is 62.9 cm³/mol. The summed E-state index contributed by atoms with van der Waals surface area (Å²) in [7, 11) is 0. The number of hydrogen-bond acceptors (Lipinski definition) is 4. The molecule has 0 aliphatic rings. The SMILES string of the molecule is Nc1ccc(C(=O)c2ccccc2)c(N)n1. The second-order valence-electron chi connectivity index (χ2n) is 3.36. The van der Waals surface area contributed by atoms with Crippen LogP contribution in [-0.2, 0) is 0 Å². The van der Waals surface area contributed by atoms with Gasteiger partial charge in [0, 0.05) is 5.56 Å². The Balaban J connectivity index is 2.42. The lowest BCUT2D eigenvalue weighted by atomic mass is 10.0. The van der Waals surface area contributed by atoms with Gasteiger partial charge in [0.25, 0.3) is 0 Å². The summed E-state index contributed by atoms with van der Waals surface area (Å²) in [6.07, 6.45) is 0. The van der Waals surface area contributed by atoms with Crippen molar-refractivity contribution < 1.29 is 4.79 Å². The van der Waals surface area contributed by atoms with Crippen LogP contribution in [0.3, 0.4) is 0 Å². The minimum atomic E-state index is -0.148. The summed E-state index contributed by atoms with van der Waals surface area (Å²) in [4.78, 5) is 15.9. The van der Waals surface area contributed by atoms with Crippen LogP contribution in [0.4, 0.5) is 11.6 Å². The monoisotopic (exact) mass is 213 g/mol. The minimum Gasteiger partial charge on any atom is -0.384 e. The van der Waals surface area contributed by atoms with Crippen LogP contribution in [0.15, 0.2) is 42.5 Å². The normalized spacial score (nSPS) is 10.0. The molecule has 0 bridgehead atoms. The van der Waals surface area contributed by atoms with Gasteiger partial charge in [0.1, 0.15) is 11.6 Å². The van der Waals surface area contributed by atoms with Crippen molar-refractivity contribution in [1.29, 1.82) is 0 Å². The Morgan fingerprint density at radius 1 is 1.00 bits per heavy atom. The molecule has 0 fully saturated rings. The van der Waals surface area contributed by atoms with E-state index in [0.29, 0.717) is 16.9 Å². The zero-order valence-electron chi connectivity index (χ0n) is 8.55. The number of aromatic nitrogens is 1. The molecule has 0 unspecified atom stereocenters. The summed E-state index contributed by atoms with van der Waals surface area (Å²) in [5, 5.41) is 0. The lowest BCUT2D eigenvalue weighted by Crippen LogP contribution is -2.08. The third-order valence-corrected chi connectivity index (χ3v) is 2.23. The highest BCUT2D eigenvalue weighted by molar-refractivity contribution is 6.11. The zero-order valence-corrected chi connectivity index (χ0v) is 8.55. The van der Waals surface area contributed by atoms with Crippen LogP contribution in [0.1, 0.15) is 15.9 Å². The van der Waals surface area contributed by atoms with Gasteiger partial charge in [-0.2, -0.15) is 0 Å². The van der Waals surface area contributed by atoms with E-state index < -0.39 is 0 Å². The Labute approximate surface area is 92.9 Å². The van der Waals surface area contributed by atoms with E-state index in [-0.39, 0.29) is 11.6 Å². The van der Waals surface area contributed by atoms with Crippen LogP contribution < -0.4 is 11.5 Å². The number of nitrogens with two attached hydrogens (primary N) is 2. The fourth-order valence-corrected chi connectivity index (χ4v) is 1.43. The maximum absolute atomic E-state index is 12.0. The Kier molecular flexibility index (Phi) is 2.55. The molecule has 2 aromatic rings. The molecule has 0 saturated heterocycles. The largest absolute Gasteiger partial charge is 0.384 e. The summed E-state index contributed by atoms with van der Waals surface area (Å²) in [6, 6.07) is 12.1. The highest BCUT2D eigenvalue weighted by atomic mass is 16.1. The van der Waals surface area contributed by atoms with Crippen molar-refractivity contribution in [1.82, 2.24) is 4.98 Å². The number of nitrogen functional groups attached to an aromatic ring is 2. The molecule has 1 aromatic carbocycles. The van der Waals surface area contributed by atoms with Gasteiger partial charge in [-0.25, -0.2) is 4.98 Å². The molecule has 0 aliphatic heterocycles. The molecule has 16 heavy (non-hydrogen) atoms. The van der Waals surface area contributed by atoms with Gasteiger partial charge in [0.05, 0.1) is 5.56 Å². The molecule has 0 saturated carbocycles. The minimum absolute atomic E-state index is 0.148. The van der Waals surface area contributed by atoms with E-state index in [4.69, 9.17) is 11.5 Å². The van der Waals surface area contributed by atoms with Crippen LogP contribution in [0.5, 0.6) is 0 Å². The first kappa shape index (κ1) is 10.2. The molecular weight excluding hydrogens is 202 g/mol. The maximum atomic E-state index is 12.0. The van der Waals surface area contributed by atoms with E-state index in [9.17, 15) is 4.79 Å². The van der Waals surface area contributed by atoms with Gasteiger partial charge in [-0.1, -0.05) is 30.3 Å². The predicted octanol–water partition coefficient (Wildman–Crippen LogP) is 1.48. The van der Waals surface area contributed by atoms with Gasteiger partial charge in [-0.05, 0) is 12.1 Å². The molecule has 0 radical (unpaired) electrons. The van der Waals surface area contributed by atoms with Gasteiger partial charge in [0.15, 0.2) is 5.78 Å². The van der Waals surface area contributed by atoms with E-state index in [2.05, 4.69) is 4.98 Å². The molecule has 0 spiro atoms. The molecule has 4 nitrogen and oxygen atoms in total. The first-order valence-electron chi connectivity index (χ1n) is 4.80. The average Bonchev–Trinajstić information content (AvgIpc) is 2.29. The van der Waals surface area contributed by atoms with Crippen molar-refractivity contribution in [3.63, 3.8) is 0 Å². The summed E-state index contributed by atoms with van der Waals surface area (Å²) >= 11 is 0. The lowest BCUT2D eigenvalue weighted by molar-refractivity contribution is 0.103. The highest BCUT2D eigenvalue weighted by Gasteiger charge is 2.12. The van der Waals surface area contributed by atoms with Crippen molar-refractivity contribution in [2.75, 3.05) is 11.5 Å². The third-order valence-electron chi connectivity index (χ3n) is 2.23. The lowest BCUT2D eigenvalue weighted by Gasteiger charge is -2.04. The molecule has 1 heterocycles. The van der Waals surface area contributed by atoms with Crippen molar-refractivity contribution in [3.8, 4) is 0 Å². The smallest absolute Gasteiger partial charge is 0.196 e. The van der Waals surface area contributed by atoms with Gasteiger partial charge in [-0.15, -0.1) is 0 Å². The summed E-state index contributed by atoms with van der Waals surface area (Å²) < 4.78 is 0. The Bertz CT molecular complexity index is 523. The number of ketones is 1. The van der Waals surface area contributed by atoms with E-state index in [1.165, 1.54) is 0 Å². The zero-order chi connectivity index (χ0) is 11.5. The van der Waals surface area contributed by atoms with E-state index in [0.717, 1.165) is 0 Å². The first-order chi connectivity index (χ1) is 7.68. The first-order valence-corrected chi connectivity index (χ1v) is 4.80. The van der Waals surface area contributed by atoms with Gasteiger partial charge >= 0.3 is 0 Å². The Morgan fingerprint density at radius 2 is 1.69 bits per heavy atom. The van der Waals surface area contributed by atoms with E-state index in [1.54, 1.807) is 36.4 Å². The molecule has 0 aliphatic carbocycles. The molecular formula is C12H11N3O. The van der Waals surface area contributed by atoms with Crippen LogP contribution in [-0.4, -0.2) is 10.8 Å². The number of carbonyl (C=O) groups is 1. The van der Waals surface area contributed by atoms with Crippen molar-refractivity contribution >= 4 is 17.4 Å². The molecule has 1 aromatic heterocycles. The Morgan fingerprint density at radius 3 is 2.31 bits per heavy atom. The van der Waals surface area contributed by atoms with Crippen molar-refractivity contribution in [2.45, 2.75) is 0 Å². The van der Waals surface area contributed by atoms with Crippen LogP contribution in [0, 0.1) is 0 Å². The van der Waals surface area contributed by atoms with E-state index in [1.807, 2.05) is 6.07 Å². The van der Waals surface area contributed by atoms with Gasteiger partial charge in [0.2, 0.25) is 0 Å². The summed E-state index contributed by atoms with van der Waals surface area (Å²) in [5.74, 6) is 0.321. The topological polar surface area (TPSA) is 82.0 Å². The van der Waals surface area contributed by atoms with Crippen LogP contribution in [0.25, 0.3) is 0 Å². The second-order valence-corrected chi connectivity index (χ2v) is 3.36. The summed E-state index contributed by atoms with van der Waals surface area (Å²) in [5.41, 5.74) is 12.1. The Hall–Kier alpha value is -2.36. The number of carbonyl (C=O) groups excluding carboxylic acids is 1. The van der Waals surface area contributed by atoms with Crippen molar-refractivity contribution in [3.05, 3.63) is 53.6 Å². The number of anilines is 2. The molecule has 0 atom stereocenters. The number of benzene rings is 1. The summed E-state index contributed by atoms with van der Waals surface area (Å²) in [6.45, 7) is 0. The van der Waals surface area contributed by atoms with Gasteiger partial charge < -0.3 is 11.5 Å². The molecule has 2 rings (SSSR count). The highest BCUT2D eigenvalue weighted by Crippen LogP contribution is 2.15. The standard InChI is InChI=1S/C12H11N3O/c13-10-7-6-9(12(14)15-10)11(16)8-4-2-1-3-5-8/h1-7H,(H4,13,14,15). The third kappa shape index (κ3) is 1.86. The van der Waals surface area contributed by atoms with Crippen LogP contribution >= 0.6 is 0 Å². The number of rotatable bonds is 2. The quantitative estimate of drug-likeness (QED) is 0.740. The second kappa shape index (κ2) is 4.02. The van der Waals surface area contributed by atoms with Gasteiger partial charge in [-0.3, -0.25) is 4.79 Å². The maximum Gasteiger partial charge on any atom is 0.196 e.